The number of nitrogens with one attached hydrogen (secondary N) is 1. The molecule has 1 aliphatic carbocycles. The van der Waals surface area contributed by atoms with E-state index in [4.69, 9.17) is 11.6 Å². The molecule has 2 N–H and O–H groups in total. The summed E-state index contributed by atoms with van der Waals surface area (Å²) in [6.07, 6.45) is 3.64. The SMILES string of the molecule is Cc1nc(C(=O)NC2CCC(CO)CC2)nn1-c1ccc(Cl)cc1. The lowest BCUT2D eigenvalue weighted by molar-refractivity contribution is 0.0903. The van der Waals surface area contributed by atoms with Crippen LogP contribution in [0, 0.1) is 12.8 Å². The fourth-order valence-corrected chi connectivity index (χ4v) is 3.18. The molecule has 24 heavy (non-hydrogen) atoms. The average molecular weight is 349 g/mol. The summed E-state index contributed by atoms with van der Waals surface area (Å²) in [6, 6.07) is 7.35. The predicted molar refractivity (Wildman–Crippen MR) is 91.4 cm³/mol. The zero-order chi connectivity index (χ0) is 17.1. The third kappa shape index (κ3) is 3.76. The number of hydrogen-bond donors (Lipinski definition) is 2. The minimum absolute atomic E-state index is 0.128. The normalized spacial score (nSPS) is 20.8. The topological polar surface area (TPSA) is 80.0 Å². The van der Waals surface area contributed by atoms with Gasteiger partial charge in [0.2, 0.25) is 5.82 Å². The molecule has 0 bridgehead atoms. The number of aliphatic hydroxyl groups excluding tert-OH is 1. The van der Waals surface area contributed by atoms with Gasteiger partial charge in [-0.3, -0.25) is 4.79 Å². The van der Waals surface area contributed by atoms with Crippen LogP contribution in [-0.2, 0) is 0 Å². The van der Waals surface area contributed by atoms with E-state index < -0.39 is 0 Å². The Bertz CT molecular complexity index is 706. The maximum absolute atomic E-state index is 12.4. The van der Waals surface area contributed by atoms with Crippen molar-refractivity contribution in [3.8, 4) is 5.69 Å². The van der Waals surface area contributed by atoms with Gasteiger partial charge in [-0.2, -0.15) is 0 Å². The summed E-state index contributed by atoms with van der Waals surface area (Å²) >= 11 is 5.90. The quantitative estimate of drug-likeness (QED) is 0.889. The molecule has 1 aliphatic rings. The Balaban J connectivity index is 1.68. The number of carbonyl (C=O) groups is 1. The van der Waals surface area contributed by atoms with Gasteiger partial charge in [-0.05, 0) is 62.8 Å². The number of halogens is 1. The summed E-state index contributed by atoms with van der Waals surface area (Å²) in [7, 11) is 0. The van der Waals surface area contributed by atoms with E-state index in [1.54, 1.807) is 16.8 Å². The Morgan fingerprint density at radius 1 is 1.29 bits per heavy atom. The van der Waals surface area contributed by atoms with Gasteiger partial charge in [-0.1, -0.05) is 11.6 Å². The highest BCUT2D eigenvalue weighted by molar-refractivity contribution is 6.30. The molecule has 128 valence electrons. The van der Waals surface area contributed by atoms with Crippen LogP contribution >= 0.6 is 11.6 Å². The number of aliphatic hydroxyl groups is 1. The Labute approximate surface area is 145 Å². The van der Waals surface area contributed by atoms with Gasteiger partial charge >= 0.3 is 0 Å². The van der Waals surface area contributed by atoms with Crippen LogP contribution in [0.25, 0.3) is 5.69 Å². The first-order chi connectivity index (χ1) is 11.6. The second kappa shape index (κ2) is 7.32. The van der Waals surface area contributed by atoms with Gasteiger partial charge < -0.3 is 10.4 Å². The van der Waals surface area contributed by atoms with Crippen molar-refractivity contribution in [3.05, 3.63) is 40.9 Å². The molecule has 1 heterocycles. The largest absolute Gasteiger partial charge is 0.396 e. The van der Waals surface area contributed by atoms with Crippen molar-refractivity contribution in [2.45, 2.75) is 38.6 Å². The van der Waals surface area contributed by atoms with Crippen molar-refractivity contribution in [2.24, 2.45) is 5.92 Å². The first kappa shape index (κ1) is 16.9. The van der Waals surface area contributed by atoms with Crippen LogP contribution in [-0.4, -0.2) is 38.4 Å². The lowest BCUT2D eigenvalue weighted by Crippen LogP contribution is -2.38. The molecule has 2 aromatic rings. The van der Waals surface area contributed by atoms with Crippen molar-refractivity contribution in [1.29, 1.82) is 0 Å². The molecule has 1 amide bonds. The molecule has 1 aromatic heterocycles. The number of amides is 1. The molecule has 0 atom stereocenters. The summed E-state index contributed by atoms with van der Waals surface area (Å²) in [4.78, 5) is 16.7. The molecule has 1 fully saturated rings. The lowest BCUT2D eigenvalue weighted by atomic mass is 9.86. The number of nitrogens with zero attached hydrogens (tertiary/aromatic N) is 3. The molecule has 0 aliphatic heterocycles. The minimum Gasteiger partial charge on any atom is -0.396 e. The molecular weight excluding hydrogens is 328 g/mol. The number of carbonyl (C=O) groups excluding carboxylic acids is 1. The average Bonchev–Trinajstić information content (AvgIpc) is 2.98. The summed E-state index contributed by atoms with van der Waals surface area (Å²) < 4.78 is 1.63. The zero-order valence-electron chi connectivity index (χ0n) is 13.6. The number of rotatable bonds is 4. The number of hydrogen-bond acceptors (Lipinski definition) is 4. The van der Waals surface area contributed by atoms with E-state index in [0.717, 1.165) is 31.4 Å². The van der Waals surface area contributed by atoms with Gasteiger partial charge in [-0.25, -0.2) is 9.67 Å². The van der Waals surface area contributed by atoms with Gasteiger partial charge in [0, 0.05) is 17.7 Å². The fraction of sp³-hybridized carbons (Fsp3) is 0.471. The predicted octanol–water partition coefficient (Wildman–Crippen LogP) is 2.51. The lowest BCUT2D eigenvalue weighted by Gasteiger charge is -2.27. The van der Waals surface area contributed by atoms with Crippen LogP contribution in [0.3, 0.4) is 0 Å². The van der Waals surface area contributed by atoms with Crippen LogP contribution in [0.15, 0.2) is 24.3 Å². The second-order valence-corrected chi connectivity index (χ2v) is 6.68. The summed E-state index contributed by atoms with van der Waals surface area (Å²) in [6.45, 7) is 2.04. The van der Waals surface area contributed by atoms with Crippen LogP contribution in [0.2, 0.25) is 5.02 Å². The number of benzene rings is 1. The van der Waals surface area contributed by atoms with Gasteiger partial charge in [0.05, 0.1) is 5.69 Å². The molecule has 1 aromatic carbocycles. The van der Waals surface area contributed by atoms with Gasteiger partial charge in [-0.15, -0.1) is 5.10 Å². The Hall–Kier alpha value is -1.92. The third-order valence-corrected chi connectivity index (χ3v) is 4.74. The van der Waals surface area contributed by atoms with Crippen LogP contribution in [0.1, 0.15) is 42.1 Å². The van der Waals surface area contributed by atoms with E-state index in [0.29, 0.717) is 16.8 Å². The van der Waals surface area contributed by atoms with Crippen LogP contribution < -0.4 is 5.32 Å². The highest BCUT2D eigenvalue weighted by atomic mass is 35.5. The summed E-state index contributed by atoms with van der Waals surface area (Å²) in [5.41, 5.74) is 0.812. The van der Waals surface area contributed by atoms with Gasteiger partial charge in [0.1, 0.15) is 5.82 Å². The first-order valence-corrected chi connectivity index (χ1v) is 8.56. The first-order valence-electron chi connectivity index (χ1n) is 8.18. The molecule has 0 unspecified atom stereocenters. The highest BCUT2D eigenvalue weighted by Gasteiger charge is 2.24. The van der Waals surface area contributed by atoms with Crippen LogP contribution in [0.4, 0.5) is 0 Å². The minimum atomic E-state index is -0.252. The number of aryl methyl sites for hydroxylation is 1. The molecule has 7 heteroatoms. The van der Waals surface area contributed by atoms with Crippen molar-refractivity contribution in [1.82, 2.24) is 20.1 Å². The second-order valence-electron chi connectivity index (χ2n) is 6.24. The van der Waals surface area contributed by atoms with Crippen molar-refractivity contribution in [2.75, 3.05) is 6.61 Å². The molecule has 3 rings (SSSR count). The van der Waals surface area contributed by atoms with E-state index in [2.05, 4.69) is 15.4 Å². The highest BCUT2D eigenvalue weighted by Crippen LogP contribution is 2.23. The Morgan fingerprint density at radius 2 is 1.96 bits per heavy atom. The van der Waals surface area contributed by atoms with Gasteiger partial charge in [0.15, 0.2) is 0 Å². The van der Waals surface area contributed by atoms with E-state index in [1.165, 1.54) is 0 Å². The molecule has 1 saturated carbocycles. The zero-order valence-corrected chi connectivity index (χ0v) is 14.3. The molecular formula is C17H21ClN4O2. The summed E-state index contributed by atoms with van der Waals surface area (Å²) in [5.74, 6) is 0.930. The number of aromatic nitrogens is 3. The maximum Gasteiger partial charge on any atom is 0.291 e. The smallest absolute Gasteiger partial charge is 0.291 e. The monoisotopic (exact) mass is 348 g/mol. The van der Waals surface area contributed by atoms with E-state index in [-0.39, 0.29) is 24.4 Å². The fourth-order valence-electron chi connectivity index (χ4n) is 3.05. The Morgan fingerprint density at radius 3 is 2.58 bits per heavy atom. The van der Waals surface area contributed by atoms with Crippen molar-refractivity contribution < 1.29 is 9.90 Å². The Kier molecular flexibility index (Phi) is 5.16. The summed E-state index contributed by atoms with van der Waals surface area (Å²) in [5, 5.41) is 17.1. The van der Waals surface area contributed by atoms with Crippen molar-refractivity contribution in [3.63, 3.8) is 0 Å². The molecule has 0 saturated heterocycles. The van der Waals surface area contributed by atoms with Crippen molar-refractivity contribution >= 4 is 17.5 Å². The maximum atomic E-state index is 12.4. The van der Waals surface area contributed by atoms with E-state index in [9.17, 15) is 9.90 Å². The molecule has 0 spiro atoms. The third-order valence-electron chi connectivity index (χ3n) is 4.48. The molecule has 0 radical (unpaired) electrons. The van der Waals surface area contributed by atoms with Gasteiger partial charge in [0.25, 0.3) is 5.91 Å². The van der Waals surface area contributed by atoms with E-state index >= 15 is 0 Å². The standard InChI is InChI=1S/C17H21ClN4O2/c1-11-19-16(21-22(11)15-8-4-13(18)5-9-15)17(24)20-14-6-2-12(10-23)3-7-14/h4-5,8-9,12,14,23H,2-3,6-7,10H2,1H3,(H,20,24). The van der Waals surface area contributed by atoms with Crippen LogP contribution in [0.5, 0.6) is 0 Å². The molecule has 6 nitrogen and oxygen atoms in total. The van der Waals surface area contributed by atoms with E-state index in [1.807, 2.05) is 19.1 Å².